The lowest BCUT2D eigenvalue weighted by Gasteiger charge is -2.28. The smallest absolute Gasteiger partial charge is 0.221 e. The Labute approximate surface area is 112 Å². The van der Waals surface area contributed by atoms with Crippen LogP contribution in [-0.2, 0) is 10.2 Å². The molecule has 2 atom stereocenters. The summed E-state index contributed by atoms with van der Waals surface area (Å²) in [7, 11) is 0. The molecule has 3 nitrogen and oxygen atoms in total. The zero-order valence-electron chi connectivity index (χ0n) is 11.1. The Morgan fingerprint density at radius 3 is 2.58 bits per heavy atom. The molecule has 1 fully saturated rings. The molecule has 0 bridgehead atoms. The van der Waals surface area contributed by atoms with Crippen molar-refractivity contribution >= 4 is 5.91 Å². The number of benzene rings is 1. The summed E-state index contributed by atoms with van der Waals surface area (Å²) in [6.45, 7) is 4.01. The molecule has 2 aromatic rings. The minimum absolute atomic E-state index is 0.0354. The van der Waals surface area contributed by atoms with Crippen LogP contribution in [0.25, 0.3) is 0 Å². The van der Waals surface area contributed by atoms with E-state index in [0.29, 0.717) is 6.42 Å². The second-order valence-corrected chi connectivity index (χ2v) is 5.42. The minimum Gasteiger partial charge on any atom is -0.466 e. The van der Waals surface area contributed by atoms with Crippen molar-refractivity contribution in [3.63, 3.8) is 0 Å². The lowest BCUT2D eigenvalue weighted by molar-refractivity contribution is -0.119. The SMILES string of the molecule is Cc1ccc(C2(C)CC(=O)NC2c2ccccc2)o1. The van der Waals surface area contributed by atoms with Gasteiger partial charge in [-0.2, -0.15) is 0 Å². The van der Waals surface area contributed by atoms with Gasteiger partial charge in [-0.25, -0.2) is 0 Å². The van der Waals surface area contributed by atoms with E-state index in [1.165, 1.54) is 0 Å². The van der Waals surface area contributed by atoms with Crippen molar-refractivity contribution in [1.82, 2.24) is 5.32 Å². The zero-order valence-corrected chi connectivity index (χ0v) is 11.1. The largest absolute Gasteiger partial charge is 0.466 e. The monoisotopic (exact) mass is 255 g/mol. The topological polar surface area (TPSA) is 42.2 Å². The third-order valence-electron chi connectivity index (χ3n) is 3.91. The number of carbonyl (C=O) groups is 1. The highest BCUT2D eigenvalue weighted by atomic mass is 16.3. The second kappa shape index (κ2) is 4.26. The average molecular weight is 255 g/mol. The van der Waals surface area contributed by atoms with Gasteiger partial charge in [-0.15, -0.1) is 0 Å². The third kappa shape index (κ3) is 1.95. The first-order valence-corrected chi connectivity index (χ1v) is 6.51. The summed E-state index contributed by atoms with van der Waals surface area (Å²) in [6.07, 6.45) is 0.458. The van der Waals surface area contributed by atoms with Gasteiger partial charge in [0.05, 0.1) is 11.5 Å². The van der Waals surface area contributed by atoms with Crippen LogP contribution in [0.5, 0.6) is 0 Å². The molecule has 1 aliphatic heterocycles. The Kier molecular flexibility index (Phi) is 2.70. The Morgan fingerprint density at radius 2 is 1.95 bits per heavy atom. The van der Waals surface area contributed by atoms with Gasteiger partial charge in [-0.3, -0.25) is 4.79 Å². The van der Waals surface area contributed by atoms with Gasteiger partial charge in [0, 0.05) is 6.42 Å². The predicted molar refractivity (Wildman–Crippen MR) is 72.7 cm³/mol. The number of nitrogens with one attached hydrogen (secondary N) is 1. The number of rotatable bonds is 2. The molecule has 3 rings (SSSR count). The number of hydrogen-bond acceptors (Lipinski definition) is 2. The van der Waals surface area contributed by atoms with Crippen molar-refractivity contribution in [3.8, 4) is 0 Å². The molecule has 3 heteroatoms. The van der Waals surface area contributed by atoms with Gasteiger partial charge in [-0.05, 0) is 31.5 Å². The molecule has 1 aromatic heterocycles. The number of amides is 1. The molecule has 1 N–H and O–H groups in total. The summed E-state index contributed by atoms with van der Waals surface area (Å²) >= 11 is 0. The molecule has 1 amide bonds. The van der Waals surface area contributed by atoms with E-state index in [2.05, 4.69) is 12.2 Å². The van der Waals surface area contributed by atoms with Crippen LogP contribution in [0, 0.1) is 6.92 Å². The van der Waals surface area contributed by atoms with E-state index >= 15 is 0 Å². The predicted octanol–water partition coefficient (Wildman–Crippen LogP) is 3.11. The van der Waals surface area contributed by atoms with Crippen molar-refractivity contribution < 1.29 is 9.21 Å². The van der Waals surface area contributed by atoms with Crippen LogP contribution in [0.1, 0.15) is 36.5 Å². The van der Waals surface area contributed by atoms with Gasteiger partial charge >= 0.3 is 0 Å². The molecule has 98 valence electrons. The molecular formula is C16H17NO2. The Morgan fingerprint density at radius 1 is 1.21 bits per heavy atom. The number of aryl methyl sites for hydroxylation is 1. The van der Waals surface area contributed by atoms with Crippen molar-refractivity contribution in [3.05, 3.63) is 59.5 Å². The fraction of sp³-hybridized carbons (Fsp3) is 0.312. The molecule has 0 spiro atoms. The number of furan rings is 1. The van der Waals surface area contributed by atoms with Crippen LogP contribution in [0.15, 0.2) is 46.9 Å². The van der Waals surface area contributed by atoms with Crippen LogP contribution < -0.4 is 5.32 Å². The molecule has 1 saturated heterocycles. The maximum Gasteiger partial charge on any atom is 0.221 e. The van der Waals surface area contributed by atoms with Gasteiger partial charge < -0.3 is 9.73 Å². The molecule has 2 unspecified atom stereocenters. The van der Waals surface area contributed by atoms with Crippen molar-refractivity contribution in [2.24, 2.45) is 0 Å². The first kappa shape index (κ1) is 12.0. The second-order valence-electron chi connectivity index (χ2n) is 5.42. The summed E-state index contributed by atoms with van der Waals surface area (Å²) in [5, 5.41) is 3.07. The number of carbonyl (C=O) groups excluding carboxylic acids is 1. The third-order valence-corrected chi connectivity index (χ3v) is 3.91. The highest BCUT2D eigenvalue weighted by molar-refractivity contribution is 5.81. The Hall–Kier alpha value is -2.03. The fourth-order valence-electron chi connectivity index (χ4n) is 2.87. The van der Waals surface area contributed by atoms with Gasteiger partial charge in [0.1, 0.15) is 11.5 Å². The van der Waals surface area contributed by atoms with Gasteiger partial charge in [0.15, 0.2) is 0 Å². The maximum absolute atomic E-state index is 11.9. The highest BCUT2D eigenvalue weighted by Crippen LogP contribution is 2.44. The van der Waals surface area contributed by atoms with E-state index in [1.54, 1.807) is 0 Å². The van der Waals surface area contributed by atoms with Crippen molar-refractivity contribution in [1.29, 1.82) is 0 Å². The lowest BCUT2D eigenvalue weighted by atomic mass is 9.77. The molecule has 2 heterocycles. The fourth-order valence-corrected chi connectivity index (χ4v) is 2.87. The Balaban J connectivity index is 2.05. The van der Waals surface area contributed by atoms with Crippen LogP contribution in [0.2, 0.25) is 0 Å². The minimum atomic E-state index is -0.327. The van der Waals surface area contributed by atoms with E-state index in [1.807, 2.05) is 49.4 Å². The Bertz CT molecular complexity index is 602. The lowest BCUT2D eigenvalue weighted by Crippen LogP contribution is -2.30. The van der Waals surface area contributed by atoms with Crippen LogP contribution in [0.3, 0.4) is 0 Å². The number of hydrogen-bond donors (Lipinski definition) is 1. The zero-order chi connectivity index (χ0) is 13.5. The highest BCUT2D eigenvalue weighted by Gasteiger charge is 2.47. The van der Waals surface area contributed by atoms with Crippen molar-refractivity contribution in [2.45, 2.75) is 31.7 Å². The quantitative estimate of drug-likeness (QED) is 0.896. The molecule has 19 heavy (non-hydrogen) atoms. The average Bonchev–Trinajstić information content (AvgIpc) is 2.95. The first-order chi connectivity index (χ1) is 9.09. The van der Waals surface area contributed by atoms with Crippen LogP contribution in [0.4, 0.5) is 0 Å². The van der Waals surface area contributed by atoms with Gasteiger partial charge in [0.2, 0.25) is 5.91 Å². The van der Waals surface area contributed by atoms with E-state index in [4.69, 9.17) is 4.42 Å². The summed E-state index contributed by atoms with van der Waals surface area (Å²) < 4.78 is 5.78. The summed E-state index contributed by atoms with van der Waals surface area (Å²) in [5.41, 5.74) is 0.789. The van der Waals surface area contributed by atoms with Crippen LogP contribution in [-0.4, -0.2) is 5.91 Å². The molecule has 0 saturated carbocycles. The van der Waals surface area contributed by atoms with Crippen LogP contribution >= 0.6 is 0 Å². The van der Waals surface area contributed by atoms with Crippen molar-refractivity contribution in [2.75, 3.05) is 0 Å². The standard InChI is InChI=1S/C16H17NO2/c1-11-8-9-13(19-11)16(2)10-14(18)17-15(16)12-6-4-3-5-7-12/h3-9,15H,10H2,1-2H3,(H,17,18). The van der Waals surface area contributed by atoms with E-state index < -0.39 is 0 Å². The van der Waals surface area contributed by atoms with Gasteiger partial charge in [0.25, 0.3) is 0 Å². The van der Waals surface area contributed by atoms with Gasteiger partial charge in [-0.1, -0.05) is 30.3 Å². The molecule has 1 aliphatic rings. The molecule has 0 radical (unpaired) electrons. The van der Waals surface area contributed by atoms with E-state index in [9.17, 15) is 4.79 Å². The maximum atomic E-state index is 11.9. The molecular weight excluding hydrogens is 238 g/mol. The summed E-state index contributed by atoms with van der Waals surface area (Å²) in [5.74, 6) is 1.82. The molecule has 1 aromatic carbocycles. The van der Waals surface area contributed by atoms with E-state index in [0.717, 1.165) is 17.1 Å². The normalized spacial score (nSPS) is 26.4. The first-order valence-electron chi connectivity index (χ1n) is 6.51. The summed E-state index contributed by atoms with van der Waals surface area (Å²) in [6, 6.07) is 14.0. The van der Waals surface area contributed by atoms with E-state index in [-0.39, 0.29) is 17.4 Å². The summed E-state index contributed by atoms with van der Waals surface area (Å²) in [4.78, 5) is 11.9. The molecule has 0 aliphatic carbocycles.